The van der Waals surface area contributed by atoms with Gasteiger partial charge < -0.3 is 14.8 Å². The molecule has 3 aromatic carbocycles. The predicted octanol–water partition coefficient (Wildman–Crippen LogP) is 6.99. The van der Waals surface area contributed by atoms with Gasteiger partial charge in [-0.1, -0.05) is 66.2 Å². The SMILES string of the molecule is CCc1ccc(N2C(=O)/C(=C/c3cc(Cl)c(OCC(=O)Nc4ccc(Cl)cc4)c(OC)c3)SC2=S)cc1. The zero-order chi connectivity index (χ0) is 26.5. The Morgan fingerprint density at radius 1 is 1.11 bits per heavy atom. The van der Waals surface area contributed by atoms with Crippen molar-refractivity contribution in [1.82, 2.24) is 0 Å². The van der Waals surface area contributed by atoms with Gasteiger partial charge in [0.05, 0.1) is 22.7 Å². The molecule has 2 amide bonds. The lowest BCUT2D eigenvalue weighted by Gasteiger charge is -2.15. The number of nitrogens with one attached hydrogen (secondary N) is 1. The Morgan fingerprint density at radius 2 is 1.81 bits per heavy atom. The minimum atomic E-state index is -0.375. The minimum Gasteiger partial charge on any atom is -0.493 e. The summed E-state index contributed by atoms with van der Waals surface area (Å²) in [5.74, 6) is -0.0477. The number of amides is 2. The maximum Gasteiger partial charge on any atom is 0.270 e. The molecule has 0 saturated carbocycles. The van der Waals surface area contributed by atoms with E-state index in [1.807, 2.05) is 24.3 Å². The summed E-state index contributed by atoms with van der Waals surface area (Å²) in [6, 6.07) is 17.8. The van der Waals surface area contributed by atoms with Crippen LogP contribution < -0.4 is 19.7 Å². The molecular formula is C27H22Cl2N2O4S2. The standard InChI is InChI=1S/C27H22Cl2N2O4S2/c1-3-16-4-10-20(11-5-16)31-26(33)23(37-27(31)36)14-17-12-21(29)25(22(13-17)34-2)35-15-24(32)30-19-8-6-18(28)7-9-19/h4-14H,3,15H2,1-2H3,(H,30,32)/b23-14-. The van der Waals surface area contributed by atoms with Crippen LogP contribution in [-0.2, 0) is 16.0 Å². The predicted molar refractivity (Wildman–Crippen MR) is 155 cm³/mol. The summed E-state index contributed by atoms with van der Waals surface area (Å²) in [4.78, 5) is 27.4. The highest BCUT2D eigenvalue weighted by Gasteiger charge is 2.33. The first-order chi connectivity index (χ1) is 17.8. The molecule has 0 aliphatic carbocycles. The van der Waals surface area contributed by atoms with Crippen molar-refractivity contribution < 1.29 is 19.1 Å². The number of aryl methyl sites for hydroxylation is 1. The van der Waals surface area contributed by atoms with Crippen molar-refractivity contribution in [2.45, 2.75) is 13.3 Å². The summed E-state index contributed by atoms with van der Waals surface area (Å²) in [5, 5.41) is 3.52. The van der Waals surface area contributed by atoms with E-state index in [0.717, 1.165) is 12.1 Å². The lowest BCUT2D eigenvalue weighted by molar-refractivity contribution is -0.118. The number of hydrogen-bond acceptors (Lipinski definition) is 6. The van der Waals surface area contributed by atoms with Crippen LogP contribution in [0.5, 0.6) is 11.5 Å². The van der Waals surface area contributed by atoms with Gasteiger partial charge in [-0.15, -0.1) is 0 Å². The number of thiocarbonyl (C=S) groups is 1. The van der Waals surface area contributed by atoms with Gasteiger partial charge in [-0.05, 0) is 72.2 Å². The monoisotopic (exact) mass is 572 g/mol. The third kappa shape index (κ3) is 6.45. The molecule has 0 bridgehead atoms. The lowest BCUT2D eigenvalue weighted by atomic mass is 10.1. The Kier molecular flexibility index (Phi) is 8.76. The van der Waals surface area contributed by atoms with Gasteiger partial charge in [-0.25, -0.2) is 0 Å². The van der Waals surface area contributed by atoms with Crippen LogP contribution in [0.2, 0.25) is 10.0 Å². The van der Waals surface area contributed by atoms with E-state index in [2.05, 4.69) is 12.2 Å². The van der Waals surface area contributed by atoms with Crippen molar-refractivity contribution in [2.75, 3.05) is 23.9 Å². The molecule has 1 heterocycles. The quantitative estimate of drug-likeness (QED) is 0.232. The van der Waals surface area contributed by atoms with Crippen molar-refractivity contribution in [3.63, 3.8) is 0 Å². The second-order valence-electron chi connectivity index (χ2n) is 7.91. The Bertz CT molecular complexity index is 1380. The highest BCUT2D eigenvalue weighted by Crippen LogP contribution is 2.40. The molecule has 4 rings (SSSR count). The van der Waals surface area contributed by atoms with Crippen molar-refractivity contribution in [3.05, 3.63) is 86.7 Å². The molecule has 1 N–H and O–H groups in total. The van der Waals surface area contributed by atoms with Gasteiger partial charge >= 0.3 is 0 Å². The maximum atomic E-state index is 13.1. The molecular weight excluding hydrogens is 551 g/mol. The molecule has 0 atom stereocenters. The topological polar surface area (TPSA) is 67.9 Å². The van der Waals surface area contributed by atoms with Crippen LogP contribution in [0, 0.1) is 0 Å². The summed E-state index contributed by atoms with van der Waals surface area (Å²) in [6.45, 7) is 1.79. The van der Waals surface area contributed by atoms with Crippen LogP contribution >= 0.6 is 47.2 Å². The fraction of sp³-hybridized carbons (Fsp3) is 0.148. The number of halogens is 2. The van der Waals surface area contributed by atoms with Crippen LogP contribution in [0.1, 0.15) is 18.1 Å². The number of nitrogens with zero attached hydrogens (tertiary/aromatic N) is 1. The van der Waals surface area contributed by atoms with E-state index < -0.39 is 0 Å². The molecule has 3 aromatic rings. The van der Waals surface area contributed by atoms with E-state index in [-0.39, 0.29) is 29.2 Å². The van der Waals surface area contributed by atoms with Crippen molar-refractivity contribution in [2.24, 2.45) is 0 Å². The van der Waals surface area contributed by atoms with Gasteiger partial charge in [0.1, 0.15) is 0 Å². The Labute approximate surface area is 234 Å². The summed E-state index contributed by atoms with van der Waals surface area (Å²) < 4.78 is 11.5. The van der Waals surface area contributed by atoms with Gasteiger partial charge in [-0.3, -0.25) is 14.5 Å². The van der Waals surface area contributed by atoms with Crippen LogP contribution in [-0.4, -0.2) is 29.9 Å². The number of methoxy groups -OCH3 is 1. The first-order valence-electron chi connectivity index (χ1n) is 11.2. The van der Waals surface area contributed by atoms with E-state index in [1.165, 1.54) is 29.3 Å². The number of hydrogen-bond donors (Lipinski definition) is 1. The van der Waals surface area contributed by atoms with Gasteiger partial charge in [0.15, 0.2) is 22.4 Å². The van der Waals surface area contributed by atoms with Crippen molar-refractivity contribution >= 4 is 80.8 Å². The van der Waals surface area contributed by atoms with Gasteiger partial charge in [0.25, 0.3) is 11.8 Å². The first kappa shape index (κ1) is 27.0. The molecule has 1 saturated heterocycles. The first-order valence-corrected chi connectivity index (χ1v) is 13.2. The van der Waals surface area contributed by atoms with Gasteiger partial charge in [0.2, 0.25) is 0 Å². The number of carbonyl (C=O) groups excluding carboxylic acids is 2. The van der Waals surface area contributed by atoms with E-state index in [4.69, 9.17) is 44.9 Å². The van der Waals surface area contributed by atoms with Crippen molar-refractivity contribution in [3.8, 4) is 11.5 Å². The summed E-state index contributed by atoms with van der Waals surface area (Å²) in [5.41, 5.74) is 3.11. The van der Waals surface area contributed by atoms with Gasteiger partial charge in [-0.2, -0.15) is 0 Å². The van der Waals surface area contributed by atoms with E-state index in [9.17, 15) is 9.59 Å². The Balaban J connectivity index is 1.49. The smallest absolute Gasteiger partial charge is 0.270 e. The molecule has 1 fully saturated rings. The Hall–Kier alpha value is -3.04. The third-order valence-corrected chi connectivity index (χ3v) is 7.26. The van der Waals surface area contributed by atoms with E-state index in [1.54, 1.807) is 42.5 Å². The number of anilines is 2. The van der Waals surface area contributed by atoms with E-state index >= 15 is 0 Å². The van der Waals surface area contributed by atoms with Gasteiger partial charge in [0, 0.05) is 10.7 Å². The second kappa shape index (κ2) is 12.0. The molecule has 0 spiro atoms. The highest BCUT2D eigenvalue weighted by molar-refractivity contribution is 8.27. The molecule has 0 radical (unpaired) electrons. The fourth-order valence-corrected chi connectivity index (χ4v) is 5.25. The molecule has 1 aliphatic rings. The van der Waals surface area contributed by atoms with Crippen LogP contribution in [0.3, 0.4) is 0 Å². The molecule has 1 aliphatic heterocycles. The van der Waals surface area contributed by atoms with E-state index in [0.29, 0.717) is 31.2 Å². The minimum absolute atomic E-state index is 0.214. The second-order valence-corrected chi connectivity index (χ2v) is 10.4. The van der Waals surface area contributed by atoms with Crippen LogP contribution in [0.25, 0.3) is 6.08 Å². The summed E-state index contributed by atoms with van der Waals surface area (Å²) in [7, 11) is 1.47. The molecule has 6 nitrogen and oxygen atoms in total. The normalized spacial score (nSPS) is 14.3. The van der Waals surface area contributed by atoms with Crippen LogP contribution in [0.4, 0.5) is 11.4 Å². The summed E-state index contributed by atoms with van der Waals surface area (Å²) >= 11 is 19.0. The average Bonchev–Trinajstić information content (AvgIpc) is 3.16. The number of rotatable bonds is 8. The fourth-order valence-electron chi connectivity index (χ4n) is 3.55. The maximum absolute atomic E-state index is 13.1. The number of benzene rings is 3. The number of carbonyl (C=O) groups is 2. The number of thioether (sulfide) groups is 1. The molecule has 0 aromatic heterocycles. The molecule has 0 unspecified atom stereocenters. The largest absolute Gasteiger partial charge is 0.493 e. The average molecular weight is 574 g/mol. The van der Waals surface area contributed by atoms with Crippen LogP contribution in [0.15, 0.2) is 65.6 Å². The zero-order valence-electron chi connectivity index (χ0n) is 19.9. The highest BCUT2D eigenvalue weighted by atomic mass is 35.5. The summed E-state index contributed by atoms with van der Waals surface area (Å²) in [6.07, 6.45) is 2.61. The molecule has 37 heavy (non-hydrogen) atoms. The van der Waals surface area contributed by atoms with Crippen molar-refractivity contribution in [1.29, 1.82) is 0 Å². The zero-order valence-corrected chi connectivity index (χ0v) is 23.1. The lowest BCUT2D eigenvalue weighted by Crippen LogP contribution is -2.27. The molecule has 10 heteroatoms. The number of ether oxygens (including phenoxy) is 2. The Morgan fingerprint density at radius 3 is 2.46 bits per heavy atom. The molecule has 190 valence electrons. The third-order valence-electron chi connectivity index (χ3n) is 5.42.